The van der Waals surface area contributed by atoms with Crippen LogP contribution < -0.4 is 14.2 Å². The van der Waals surface area contributed by atoms with Gasteiger partial charge < -0.3 is 14.6 Å². The average Bonchev–Trinajstić information content (AvgIpc) is 2.46. The van der Waals surface area contributed by atoms with Gasteiger partial charge in [0.25, 0.3) is 0 Å². The maximum absolute atomic E-state index is 12.2. The van der Waals surface area contributed by atoms with E-state index >= 15 is 0 Å². The molecule has 2 rings (SSSR count). The number of hydrogen-bond acceptors (Lipinski definition) is 5. The SMILES string of the molecule is C=CCC(NS(=O)(=O)c1ccc2c(c1)OCCO2)C(=O)O. The number of benzene rings is 1. The van der Waals surface area contributed by atoms with Crippen LogP contribution in [0.1, 0.15) is 6.42 Å². The minimum Gasteiger partial charge on any atom is -0.486 e. The first-order chi connectivity index (χ1) is 9.94. The van der Waals surface area contributed by atoms with E-state index in [4.69, 9.17) is 14.6 Å². The van der Waals surface area contributed by atoms with Crippen LogP contribution in [-0.2, 0) is 14.8 Å². The fourth-order valence-corrected chi connectivity index (χ4v) is 3.03. The predicted molar refractivity (Wildman–Crippen MR) is 74.0 cm³/mol. The lowest BCUT2D eigenvalue weighted by atomic mass is 10.2. The van der Waals surface area contributed by atoms with Gasteiger partial charge in [-0.25, -0.2) is 8.42 Å². The van der Waals surface area contributed by atoms with E-state index in [0.29, 0.717) is 24.7 Å². The zero-order chi connectivity index (χ0) is 15.5. The minimum atomic E-state index is -3.97. The van der Waals surface area contributed by atoms with Crippen LogP contribution in [0.4, 0.5) is 0 Å². The van der Waals surface area contributed by atoms with Crippen LogP contribution in [-0.4, -0.2) is 38.7 Å². The fraction of sp³-hybridized carbons (Fsp3) is 0.308. The first-order valence-electron chi connectivity index (χ1n) is 6.20. The number of hydrogen-bond donors (Lipinski definition) is 2. The third-order valence-corrected chi connectivity index (χ3v) is 4.29. The summed E-state index contributed by atoms with van der Waals surface area (Å²) < 4.78 is 37.1. The number of sulfonamides is 1. The van der Waals surface area contributed by atoms with Crippen molar-refractivity contribution in [1.82, 2.24) is 4.72 Å². The van der Waals surface area contributed by atoms with Crippen molar-refractivity contribution in [2.24, 2.45) is 0 Å². The van der Waals surface area contributed by atoms with Gasteiger partial charge in [-0.3, -0.25) is 4.79 Å². The van der Waals surface area contributed by atoms with Gasteiger partial charge in [-0.2, -0.15) is 4.72 Å². The summed E-state index contributed by atoms with van der Waals surface area (Å²) in [5.74, 6) is -0.489. The van der Waals surface area contributed by atoms with E-state index in [1.165, 1.54) is 24.3 Å². The van der Waals surface area contributed by atoms with Crippen molar-refractivity contribution in [2.75, 3.05) is 13.2 Å². The third-order valence-electron chi connectivity index (χ3n) is 2.82. The average molecular weight is 313 g/mol. The molecule has 21 heavy (non-hydrogen) atoms. The predicted octanol–water partition coefficient (Wildman–Crippen LogP) is 0.765. The van der Waals surface area contributed by atoms with E-state index in [-0.39, 0.29) is 11.3 Å². The number of fused-ring (bicyclic) bond motifs is 1. The van der Waals surface area contributed by atoms with Crippen molar-refractivity contribution in [1.29, 1.82) is 0 Å². The van der Waals surface area contributed by atoms with Gasteiger partial charge in [0.15, 0.2) is 11.5 Å². The Hall–Kier alpha value is -2.06. The van der Waals surface area contributed by atoms with Crippen LogP contribution in [0.15, 0.2) is 35.7 Å². The Labute approximate surface area is 122 Å². The molecule has 0 radical (unpaired) electrons. The van der Waals surface area contributed by atoms with Crippen LogP contribution >= 0.6 is 0 Å². The van der Waals surface area contributed by atoms with E-state index in [1.807, 2.05) is 0 Å². The highest BCUT2D eigenvalue weighted by Gasteiger charge is 2.25. The largest absolute Gasteiger partial charge is 0.486 e. The standard InChI is InChI=1S/C13H15NO6S/c1-2-3-10(13(15)16)14-21(17,18)9-4-5-11-12(8-9)20-7-6-19-11/h2,4-5,8,10,14H,1,3,6-7H2,(H,15,16). The van der Waals surface area contributed by atoms with Gasteiger partial charge in [-0.05, 0) is 18.6 Å². The molecule has 1 aromatic carbocycles. The number of rotatable bonds is 6. The lowest BCUT2D eigenvalue weighted by Gasteiger charge is -2.19. The summed E-state index contributed by atoms with van der Waals surface area (Å²) in [5.41, 5.74) is 0. The Morgan fingerprint density at radius 1 is 1.38 bits per heavy atom. The molecule has 0 amide bonds. The van der Waals surface area contributed by atoms with Gasteiger partial charge in [0.2, 0.25) is 10.0 Å². The Balaban J connectivity index is 2.26. The van der Waals surface area contributed by atoms with Crippen LogP contribution in [0.2, 0.25) is 0 Å². The number of carboxylic acids is 1. The first kappa shape index (κ1) is 15.3. The third kappa shape index (κ3) is 3.53. The molecule has 1 aromatic rings. The summed E-state index contributed by atoms with van der Waals surface area (Å²) in [6, 6.07) is 2.86. The maximum Gasteiger partial charge on any atom is 0.322 e. The minimum absolute atomic E-state index is 0.0148. The molecule has 114 valence electrons. The summed E-state index contributed by atoms with van der Waals surface area (Å²) in [6.45, 7) is 4.14. The topological polar surface area (TPSA) is 102 Å². The molecule has 0 saturated heterocycles. The van der Waals surface area contributed by atoms with Gasteiger partial charge in [0.05, 0.1) is 4.90 Å². The van der Waals surface area contributed by atoms with Crippen molar-refractivity contribution in [3.8, 4) is 11.5 Å². The normalized spacial score (nSPS) is 15.2. The summed E-state index contributed by atoms with van der Waals surface area (Å²) in [5, 5.41) is 8.99. The lowest BCUT2D eigenvalue weighted by molar-refractivity contribution is -0.138. The molecular formula is C13H15NO6S. The number of nitrogens with one attached hydrogen (secondary N) is 1. The quantitative estimate of drug-likeness (QED) is 0.752. The Morgan fingerprint density at radius 3 is 2.67 bits per heavy atom. The highest BCUT2D eigenvalue weighted by Crippen LogP contribution is 2.32. The number of aliphatic carboxylic acids is 1. The van der Waals surface area contributed by atoms with Crippen LogP contribution in [0.25, 0.3) is 0 Å². The molecule has 8 heteroatoms. The Kier molecular flexibility index (Phi) is 4.49. The summed E-state index contributed by atoms with van der Waals surface area (Å²) in [4.78, 5) is 10.9. The van der Waals surface area contributed by atoms with Gasteiger partial charge in [0, 0.05) is 6.07 Å². The first-order valence-corrected chi connectivity index (χ1v) is 7.68. The Bertz CT molecular complexity index is 655. The summed E-state index contributed by atoms with van der Waals surface area (Å²) in [6.07, 6.45) is 1.32. The van der Waals surface area contributed by atoms with Crippen molar-refractivity contribution in [3.63, 3.8) is 0 Å². The molecular weight excluding hydrogens is 298 g/mol. The highest BCUT2D eigenvalue weighted by atomic mass is 32.2. The molecule has 2 N–H and O–H groups in total. The van der Waals surface area contributed by atoms with E-state index in [9.17, 15) is 13.2 Å². The molecule has 0 spiro atoms. The zero-order valence-corrected chi connectivity index (χ0v) is 11.9. The summed E-state index contributed by atoms with van der Waals surface area (Å²) >= 11 is 0. The van der Waals surface area contributed by atoms with Crippen LogP contribution in [0, 0.1) is 0 Å². The smallest absolute Gasteiger partial charge is 0.322 e. The lowest BCUT2D eigenvalue weighted by Crippen LogP contribution is -2.40. The van der Waals surface area contributed by atoms with Gasteiger partial charge >= 0.3 is 5.97 Å². The molecule has 1 unspecified atom stereocenters. The van der Waals surface area contributed by atoms with Gasteiger partial charge in [-0.1, -0.05) is 6.08 Å². The van der Waals surface area contributed by atoms with Crippen molar-refractivity contribution in [3.05, 3.63) is 30.9 Å². The highest BCUT2D eigenvalue weighted by molar-refractivity contribution is 7.89. The van der Waals surface area contributed by atoms with Crippen LogP contribution in [0.3, 0.4) is 0 Å². The molecule has 1 heterocycles. The van der Waals surface area contributed by atoms with E-state index < -0.39 is 22.0 Å². The zero-order valence-electron chi connectivity index (χ0n) is 11.1. The monoisotopic (exact) mass is 313 g/mol. The van der Waals surface area contributed by atoms with Crippen LogP contribution in [0.5, 0.6) is 11.5 Å². The molecule has 0 saturated carbocycles. The van der Waals surface area contributed by atoms with Gasteiger partial charge in [0.1, 0.15) is 19.3 Å². The molecule has 1 aliphatic heterocycles. The van der Waals surface area contributed by atoms with E-state index in [2.05, 4.69) is 11.3 Å². The van der Waals surface area contributed by atoms with Crippen molar-refractivity contribution >= 4 is 16.0 Å². The van der Waals surface area contributed by atoms with E-state index in [0.717, 1.165) is 0 Å². The maximum atomic E-state index is 12.2. The van der Waals surface area contributed by atoms with E-state index in [1.54, 1.807) is 0 Å². The second kappa shape index (κ2) is 6.15. The second-order valence-corrected chi connectivity index (χ2v) is 6.06. The molecule has 7 nitrogen and oxygen atoms in total. The number of carboxylic acid groups (broad SMARTS) is 1. The molecule has 0 aromatic heterocycles. The number of ether oxygens (including phenoxy) is 2. The van der Waals surface area contributed by atoms with Crippen molar-refractivity contribution in [2.45, 2.75) is 17.4 Å². The second-order valence-electron chi connectivity index (χ2n) is 4.34. The molecule has 0 aliphatic carbocycles. The number of carbonyl (C=O) groups is 1. The summed E-state index contributed by atoms with van der Waals surface area (Å²) in [7, 11) is -3.97. The Morgan fingerprint density at radius 2 is 2.05 bits per heavy atom. The molecule has 0 bridgehead atoms. The fourth-order valence-electron chi connectivity index (χ4n) is 1.81. The molecule has 1 atom stereocenters. The molecule has 1 aliphatic rings. The van der Waals surface area contributed by atoms with Gasteiger partial charge in [-0.15, -0.1) is 6.58 Å². The molecule has 0 fully saturated rings. The van der Waals surface area contributed by atoms with Crippen molar-refractivity contribution < 1.29 is 27.8 Å².